The molecule has 2 aromatic carbocycles. The zero-order valence-corrected chi connectivity index (χ0v) is 20.0. The fourth-order valence-electron chi connectivity index (χ4n) is 4.34. The van der Waals surface area contributed by atoms with Crippen LogP contribution in [0.25, 0.3) is 0 Å². The Hall–Kier alpha value is -3.01. The number of carbonyl (C=O) groups excluding carboxylic acids is 2. The predicted octanol–water partition coefficient (Wildman–Crippen LogP) is 2.15. The Balaban J connectivity index is 1.45. The average molecular weight is 486 g/mol. The summed E-state index contributed by atoms with van der Waals surface area (Å²) in [6, 6.07) is 12.7. The molecule has 2 aliphatic heterocycles. The Bertz CT molecular complexity index is 997. The lowest BCUT2D eigenvalue weighted by molar-refractivity contribution is -0.0346. The maximum atomic E-state index is 13.5. The van der Waals surface area contributed by atoms with E-state index in [1.54, 1.807) is 41.2 Å². The number of benzene rings is 2. The number of carbonyl (C=O) groups is 2. The molecule has 35 heavy (non-hydrogen) atoms. The minimum absolute atomic E-state index is 0.109. The summed E-state index contributed by atoms with van der Waals surface area (Å²) in [7, 11) is 1.57. The van der Waals surface area contributed by atoms with Crippen LogP contribution in [0.15, 0.2) is 48.5 Å². The summed E-state index contributed by atoms with van der Waals surface area (Å²) in [5.41, 5.74) is 0.977. The van der Waals surface area contributed by atoms with Gasteiger partial charge in [0.25, 0.3) is 11.8 Å². The summed E-state index contributed by atoms with van der Waals surface area (Å²) in [6.07, 6.45) is -0.326. The van der Waals surface area contributed by atoms with Crippen LogP contribution in [0.2, 0.25) is 0 Å². The molecule has 2 saturated heterocycles. The summed E-state index contributed by atoms with van der Waals surface area (Å²) in [6.45, 7) is 5.84. The van der Waals surface area contributed by atoms with Crippen molar-refractivity contribution in [3.8, 4) is 5.75 Å². The van der Waals surface area contributed by atoms with Crippen molar-refractivity contribution in [2.45, 2.75) is 6.10 Å². The molecular weight excluding hydrogens is 453 g/mol. The van der Waals surface area contributed by atoms with Crippen molar-refractivity contribution in [2.24, 2.45) is 0 Å². The lowest BCUT2D eigenvalue weighted by Crippen LogP contribution is -2.52. The van der Waals surface area contributed by atoms with E-state index in [0.29, 0.717) is 62.9 Å². The van der Waals surface area contributed by atoms with E-state index < -0.39 is 0 Å². The highest BCUT2D eigenvalue weighted by Crippen LogP contribution is 2.17. The molecule has 2 amide bonds. The highest BCUT2D eigenvalue weighted by atomic mass is 19.1. The molecule has 1 unspecified atom stereocenters. The van der Waals surface area contributed by atoms with Crippen LogP contribution in [0.4, 0.5) is 4.39 Å². The van der Waals surface area contributed by atoms with Crippen LogP contribution >= 0.6 is 0 Å². The zero-order chi connectivity index (χ0) is 24.6. The first-order valence-electron chi connectivity index (χ1n) is 11.9. The number of halogens is 1. The number of morpholine rings is 2. The van der Waals surface area contributed by atoms with Crippen molar-refractivity contribution in [2.75, 3.05) is 72.7 Å². The number of amides is 2. The lowest BCUT2D eigenvalue weighted by Gasteiger charge is -2.37. The van der Waals surface area contributed by atoms with Gasteiger partial charge in [-0.2, -0.15) is 0 Å². The number of rotatable bonds is 8. The lowest BCUT2D eigenvalue weighted by atomic mass is 10.1. The minimum atomic E-state index is -0.381. The van der Waals surface area contributed by atoms with Gasteiger partial charge >= 0.3 is 0 Å². The first-order valence-corrected chi connectivity index (χ1v) is 11.9. The van der Waals surface area contributed by atoms with E-state index >= 15 is 0 Å². The zero-order valence-electron chi connectivity index (χ0n) is 20.0. The van der Waals surface area contributed by atoms with Gasteiger partial charge in [0.05, 0.1) is 33.0 Å². The molecule has 2 heterocycles. The number of nitrogens with zero attached hydrogens (tertiary/aromatic N) is 3. The minimum Gasteiger partial charge on any atom is -0.497 e. The molecule has 0 aromatic heterocycles. The summed E-state index contributed by atoms with van der Waals surface area (Å²) in [5, 5.41) is 0. The molecule has 2 aromatic rings. The van der Waals surface area contributed by atoms with E-state index in [9.17, 15) is 14.0 Å². The van der Waals surface area contributed by atoms with Crippen molar-refractivity contribution in [3.63, 3.8) is 0 Å². The van der Waals surface area contributed by atoms with Crippen LogP contribution in [-0.2, 0) is 9.47 Å². The second-order valence-electron chi connectivity index (χ2n) is 8.69. The standard InChI is InChI=1S/C26H32FN3O5/c1-33-23-4-2-3-21(17-23)26(32)29(10-9-28-11-14-34-15-12-28)18-24-19-30(13-16-35-24)25(31)20-5-7-22(27)8-6-20/h2-8,17,24H,9-16,18-19H2,1H3. The van der Waals surface area contributed by atoms with Gasteiger partial charge in [-0.3, -0.25) is 14.5 Å². The van der Waals surface area contributed by atoms with Crippen LogP contribution in [-0.4, -0.2) is 105 Å². The van der Waals surface area contributed by atoms with E-state index in [1.807, 2.05) is 0 Å². The van der Waals surface area contributed by atoms with Crippen molar-refractivity contribution >= 4 is 11.8 Å². The van der Waals surface area contributed by atoms with Crippen LogP contribution in [0.1, 0.15) is 20.7 Å². The topological polar surface area (TPSA) is 71.6 Å². The molecular formula is C26H32FN3O5. The van der Waals surface area contributed by atoms with Gasteiger partial charge in [0, 0.05) is 56.9 Å². The van der Waals surface area contributed by atoms with E-state index in [4.69, 9.17) is 14.2 Å². The molecule has 9 heteroatoms. The smallest absolute Gasteiger partial charge is 0.254 e. The molecule has 4 rings (SSSR count). The van der Waals surface area contributed by atoms with Crippen molar-refractivity contribution in [1.82, 2.24) is 14.7 Å². The fourth-order valence-corrected chi connectivity index (χ4v) is 4.34. The highest BCUT2D eigenvalue weighted by Gasteiger charge is 2.29. The monoisotopic (exact) mass is 485 g/mol. The molecule has 0 aliphatic carbocycles. The number of hydrogen-bond acceptors (Lipinski definition) is 6. The molecule has 0 N–H and O–H groups in total. The largest absolute Gasteiger partial charge is 0.497 e. The maximum Gasteiger partial charge on any atom is 0.254 e. The van der Waals surface area contributed by atoms with Crippen LogP contribution < -0.4 is 4.74 Å². The van der Waals surface area contributed by atoms with E-state index in [-0.39, 0.29) is 23.7 Å². The maximum absolute atomic E-state index is 13.5. The molecule has 0 spiro atoms. The van der Waals surface area contributed by atoms with E-state index in [2.05, 4.69) is 4.90 Å². The van der Waals surface area contributed by atoms with Gasteiger partial charge in [-0.05, 0) is 42.5 Å². The van der Waals surface area contributed by atoms with Gasteiger partial charge in [0.2, 0.25) is 0 Å². The van der Waals surface area contributed by atoms with Crippen molar-refractivity contribution in [1.29, 1.82) is 0 Å². The number of methoxy groups -OCH3 is 1. The first kappa shape index (κ1) is 25.1. The summed E-state index contributed by atoms with van der Waals surface area (Å²) >= 11 is 0. The van der Waals surface area contributed by atoms with E-state index in [0.717, 1.165) is 19.6 Å². The fraction of sp³-hybridized carbons (Fsp3) is 0.462. The Kier molecular flexibility index (Phi) is 8.68. The van der Waals surface area contributed by atoms with Crippen molar-refractivity contribution in [3.05, 3.63) is 65.5 Å². The summed E-state index contributed by atoms with van der Waals surface area (Å²) < 4.78 is 30.0. The number of hydrogen-bond donors (Lipinski definition) is 0. The molecule has 0 radical (unpaired) electrons. The van der Waals surface area contributed by atoms with Crippen LogP contribution in [0.3, 0.4) is 0 Å². The first-order chi connectivity index (χ1) is 17.0. The highest BCUT2D eigenvalue weighted by molar-refractivity contribution is 5.95. The van der Waals surface area contributed by atoms with Gasteiger partial charge in [0.1, 0.15) is 11.6 Å². The summed E-state index contributed by atoms with van der Waals surface area (Å²) in [5.74, 6) is -0.0395. The van der Waals surface area contributed by atoms with E-state index in [1.165, 1.54) is 24.3 Å². The third-order valence-electron chi connectivity index (χ3n) is 6.33. The second-order valence-corrected chi connectivity index (χ2v) is 8.69. The molecule has 0 bridgehead atoms. The Labute approximate surface area is 205 Å². The summed E-state index contributed by atoms with van der Waals surface area (Å²) in [4.78, 5) is 32.2. The molecule has 188 valence electrons. The van der Waals surface area contributed by atoms with Gasteiger partial charge in [0.15, 0.2) is 0 Å². The van der Waals surface area contributed by atoms with Gasteiger partial charge < -0.3 is 24.0 Å². The SMILES string of the molecule is COc1cccc(C(=O)N(CCN2CCOCC2)CC2CN(C(=O)c3ccc(F)cc3)CCO2)c1. The van der Waals surface area contributed by atoms with Crippen LogP contribution in [0.5, 0.6) is 5.75 Å². The average Bonchev–Trinajstić information content (AvgIpc) is 2.91. The normalized spacial score (nSPS) is 18.8. The van der Waals surface area contributed by atoms with Gasteiger partial charge in [-0.15, -0.1) is 0 Å². The third-order valence-corrected chi connectivity index (χ3v) is 6.33. The quantitative estimate of drug-likeness (QED) is 0.571. The van der Waals surface area contributed by atoms with Crippen molar-refractivity contribution < 1.29 is 28.2 Å². The molecule has 1 atom stereocenters. The molecule has 2 fully saturated rings. The van der Waals surface area contributed by atoms with Gasteiger partial charge in [-0.1, -0.05) is 6.07 Å². The predicted molar refractivity (Wildman–Crippen MR) is 128 cm³/mol. The molecule has 0 saturated carbocycles. The van der Waals surface area contributed by atoms with Gasteiger partial charge in [-0.25, -0.2) is 4.39 Å². The molecule has 8 nitrogen and oxygen atoms in total. The number of ether oxygens (including phenoxy) is 3. The third kappa shape index (κ3) is 6.78. The van der Waals surface area contributed by atoms with Crippen LogP contribution in [0, 0.1) is 5.82 Å². The Morgan fingerprint density at radius 2 is 1.83 bits per heavy atom. The second kappa shape index (κ2) is 12.1. The molecule has 2 aliphatic rings. The Morgan fingerprint density at radius 3 is 2.57 bits per heavy atom. The Morgan fingerprint density at radius 1 is 1.06 bits per heavy atom.